The topological polar surface area (TPSA) is 71.8 Å². The summed E-state index contributed by atoms with van der Waals surface area (Å²) in [4.78, 5) is 25.4. The van der Waals surface area contributed by atoms with Crippen LogP contribution in [0.5, 0.6) is 0 Å². The normalized spacial score (nSPS) is 19.1. The van der Waals surface area contributed by atoms with E-state index in [4.69, 9.17) is 4.74 Å². The molecule has 2 rings (SSSR count). The van der Waals surface area contributed by atoms with Gasteiger partial charge in [0.25, 0.3) is 5.91 Å². The van der Waals surface area contributed by atoms with Crippen LogP contribution < -0.4 is 0 Å². The minimum absolute atomic E-state index is 0.0456. The number of aryl methyl sites for hydroxylation is 1. The fourth-order valence-electron chi connectivity index (χ4n) is 2.99. The van der Waals surface area contributed by atoms with E-state index in [0.29, 0.717) is 18.7 Å². The molecule has 21 heavy (non-hydrogen) atoms. The first-order valence-corrected chi connectivity index (χ1v) is 7.14. The average molecular weight is 294 g/mol. The molecule has 6 nitrogen and oxygen atoms in total. The van der Waals surface area contributed by atoms with Crippen LogP contribution >= 0.6 is 0 Å². The lowest BCUT2D eigenvalue weighted by atomic mass is 10.1. The van der Waals surface area contributed by atoms with Gasteiger partial charge in [-0.2, -0.15) is 0 Å². The van der Waals surface area contributed by atoms with Crippen LogP contribution in [0.15, 0.2) is 6.07 Å². The highest BCUT2D eigenvalue weighted by Crippen LogP contribution is 2.23. The molecule has 1 N–H and O–H groups in total. The van der Waals surface area contributed by atoms with Crippen molar-refractivity contribution in [2.45, 2.75) is 39.8 Å². The number of nitrogens with zero attached hydrogens (tertiary/aromatic N) is 2. The van der Waals surface area contributed by atoms with Gasteiger partial charge in [-0.05, 0) is 33.8 Å². The maximum Gasteiger partial charge on any atom is 0.328 e. The van der Waals surface area contributed by atoms with Crippen molar-refractivity contribution in [3.8, 4) is 0 Å². The van der Waals surface area contributed by atoms with Crippen molar-refractivity contribution in [1.82, 2.24) is 9.47 Å². The Morgan fingerprint density at radius 1 is 1.38 bits per heavy atom. The van der Waals surface area contributed by atoms with E-state index in [1.165, 1.54) is 4.90 Å². The molecule has 0 spiro atoms. The van der Waals surface area contributed by atoms with Crippen LogP contribution in [0.1, 0.15) is 41.6 Å². The molecule has 1 fully saturated rings. The van der Waals surface area contributed by atoms with E-state index in [2.05, 4.69) is 18.4 Å². The summed E-state index contributed by atoms with van der Waals surface area (Å²) < 4.78 is 7.26. The third-order valence-electron chi connectivity index (χ3n) is 3.91. The van der Waals surface area contributed by atoms with Crippen LogP contribution in [0.4, 0.5) is 0 Å². The molecule has 1 atom stereocenters. The lowest BCUT2D eigenvalue weighted by Crippen LogP contribution is -2.52. The van der Waals surface area contributed by atoms with Crippen molar-refractivity contribution in [2.75, 3.05) is 19.8 Å². The molecule has 1 aliphatic rings. The van der Waals surface area contributed by atoms with Gasteiger partial charge in [0, 0.05) is 24.0 Å². The van der Waals surface area contributed by atoms with Crippen LogP contribution in [0, 0.1) is 13.8 Å². The minimum Gasteiger partial charge on any atom is -0.480 e. The van der Waals surface area contributed by atoms with Gasteiger partial charge in [-0.1, -0.05) is 0 Å². The van der Waals surface area contributed by atoms with E-state index in [-0.39, 0.29) is 18.6 Å². The highest BCUT2D eigenvalue weighted by atomic mass is 16.5. The van der Waals surface area contributed by atoms with Gasteiger partial charge in [-0.15, -0.1) is 0 Å². The van der Waals surface area contributed by atoms with Crippen LogP contribution in [0.25, 0.3) is 0 Å². The Labute approximate surface area is 124 Å². The molecule has 0 saturated carbocycles. The number of aromatic nitrogens is 1. The molecule has 2 heterocycles. The molecule has 6 heteroatoms. The first kappa shape index (κ1) is 15.6. The summed E-state index contributed by atoms with van der Waals surface area (Å²) in [6.07, 6.45) is 0. The molecule has 1 aromatic heterocycles. The van der Waals surface area contributed by atoms with Gasteiger partial charge in [0.1, 0.15) is 0 Å². The van der Waals surface area contributed by atoms with Crippen LogP contribution in [-0.4, -0.2) is 52.3 Å². The Bertz CT molecular complexity index is 562. The summed E-state index contributed by atoms with van der Waals surface area (Å²) in [5.74, 6) is -1.26. The molecule has 0 radical (unpaired) electrons. The fourth-order valence-corrected chi connectivity index (χ4v) is 2.99. The van der Waals surface area contributed by atoms with Crippen molar-refractivity contribution >= 4 is 11.9 Å². The smallest absolute Gasteiger partial charge is 0.328 e. The molecular weight excluding hydrogens is 272 g/mol. The average Bonchev–Trinajstić information content (AvgIpc) is 2.73. The number of morpholine rings is 1. The second-order valence-corrected chi connectivity index (χ2v) is 5.68. The lowest BCUT2D eigenvalue weighted by molar-refractivity contribution is -0.147. The van der Waals surface area contributed by atoms with Gasteiger partial charge >= 0.3 is 5.97 Å². The quantitative estimate of drug-likeness (QED) is 0.919. The molecule has 1 aromatic rings. The number of carboxylic acids is 1. The number of carbonyl (C=O) groups excluding carboxylic acids is 1. The third-order valence-corrected chi connectivity index (χ3v) is 3.91. The first-order valence-electron chi connectivity index (χ1n) is 7.14. The lowest BCUT2D eigenvalue weighted by Gasteiger charge is -2.32. The number of hydrogen-bond donors (Lipinski definition) is 1. The summed E-state index contributed by atoms with van der Waals surface area (Å²) in [6.45, 7) is 8.70. The Kier molecular flexibility index (Phi) is 4.37. The Hall–Kier alpha value is -1.82. The predicted molar refractivity (Wildman–Crippen MR) is 77.6 cm³/mol. The Morgan fingerprint density at radius 3 is 2.57 bits per heavy atom. The monoisotopic (exact) mass is 294 g/mol. The van der Waals surface area contributed by atoms with Crippen molar-refractivity contribution in [1.29, 1.82) is 0 Å². The van der Waals surface area contributed by atoms with Gasteiger partial charge in [0.15, 0.2) is 6.04 Å². The number of amides is 1. The number of ether oxygens (including phenoxy) is 1. The molecule has 0 aromatic carbocycles. The Balaban J connectivity index is 2.35. The van der Waals surface area contributed by atoms with Gasteiger partial charge in [0.2, 0.25) is 0 Å². The molecule has 0 unspecified atom stereocenters. The zero-order valence-corrected chi connectivity index (χ0v) is 12.9. The van der Waals surface area contributed by atoms with E-state index >= 15 is 0 Å². The van der Waals surface area contributed by atoms with E-state index in [0.717, 1.165) is 11.4 Å². The van der Waals surface area contributed by atoms with Crippen molar-refractivity contribution in [2.24, 2.45) is 0 Å². The zero-order chi connectivity index (χ0) is 15.7. The maximum absolute atomic E-state index is 12.7. The summed E-state index contributed by atoms with van der Waals surface area (Å²) in [7, 11) is 0. The predicted octanol–water partition coefficient (Wildman–Crippen LogP) is 1.61. The van der Waals surface area contributed by atoms with Crippen molar-refractivity contribution in [3.63, 3.8) is 0 Å². The fraction of sp³-hybridized carbons (Fsp3) is 0.600. The second kappa shape index (κ2) is 5.89. The Morgan fingerprint density at radius 2 is 2.05 bits per heavy atom. The van der Waals surface area contributed by atoms with E-state index in [1.807, 2.05) is 19.9 Å². The first-order chi connectivity index (χ1) is 9.84. The summed E-state index contributed by atoms with van der Waals surface area (Å²) >= 11 is 0. The number of carbonyl (C=O) groups is 2. The standard InChI is InChI=1S/C15H22N2O4/c1-9(2)17-10(3)7-12(11(17)4)14(18)16-5-6-21-8-13(16)15(19)20/h7,9,13H,5-6,8H2,1-4H3,(H,19,20)/t13-/m0/s1. The van der Waals surface area contributed by atoms with E-state index < -0.39 is 12.0 Å². The van der Waals surface area contributed by atoms with Gasteiger partial charge in [-0.25, -0.2) is 4.79 Å². The maximum atomic E-state index is 12.7. The number of carboxylic acid groups (broad SMARTS) is 1. The van der Waals surface area contributed by atoms with Gasteiger partial charge in [0.05, 0.1) is 18.8 Å². The molecule has 1 saturated heterocycles. The molecule has 0 bridgehead atoms. The number of rotatable bonds is 3. The zero-order valence-electron chi connectivity index (χ0n) is 12.9. The van der Waals surface area contributed by atoms with Gasteiger partial charge in [-0.3, -0.25) is 4.79 Å². The molecule has 0 aliphatic carbocycles. The number of hydrogen-bond acceptors (Lipinski definition) is 3. The third kappa shape index (κ3) is 2.81. The molecular formula is C15H22N2O4. The number of aliphatic carboxylic acids is 1. The molecule has 1 amide bonds. The molecule has 1 aliphatic heterocycles. The van der Waals surface area contributed by atoms with Crippen molar-refractivity contribution < 1.29 is 19.4 Å². The van der Waals surface area contributed by atoms with Crippen molar-refractivity contribution in [3.05, 3.63) is 23.0 Å². The van der Waals surface area contributed by atoms with Crippen LogP contribution in [-0.2, 0) is 9.53 Å². The van der Waals surface area contributed by atoms with Crippen LogP contribution in [0.2, 0.25) is 0 Å². The molecule has 116 valence electrons. The highest BCUT2D eigenvalue weighted by Gasteiger charge is 2.34. The van der Waals surface area contributed by atoms with Gasteiger partial charge < -0.3 is 19.3 Å². The largest absolute Gasteiger partial charge is 0.480 e. The SMILES string of the molecule is Cc1cc(C(=O)N2CCOC[C@H]2C(=O)O)c(C)n1C(C)C. The van der Waals surface area contributed by atoms with E-state index in [9.17, 15) is 14.7 Å². The van der Waals surface area contributed by atoms with Crippen LogP contribution in [0.3, 0.4) is 0 Å². The highest BCUT2D eigenvalue weighted by molar-refractivity contribution is 5.98. The second-order valence-electron chi connectivity index (χ2n) is 5.68. The minimum atomic E-state index is -1.03. The van der Waals surface area contributed by atoms with E-state index in [1.54, 1.807) is 0 Å². The summed E-state index contributed by atoms with van der Waals surface area (Å²) in [5, 5.41) is 9.24. The summed E-state index contributed by atoms with van der Waals surface area (Å²) in [6, 6.07) is 1.19. The summed E-state index contributed by atoms with van der Waals surface area (Å²) in [5.41, 5.74) is 2.46.